The van der Waals surface area contributed by atoms with E-state index >= 15 is 0 Å². The van der Waals surface area contributed by atoms with E-state index in [9.17, 15) is 4.79 Å². The monoisotopic (exact) mass is 553 g/mol. The Bertz CT molecular complexity index is 1230. The molecule has 208 valence electrons. The molecule has 0 aliphatic carbocycles. The molecule has 7 heteroatoms. The summed E-state index contributed by atoms with van der Waals surface area (Å²) < 4.78 is 0. The number of carbonyl (C=O) groups excluding carboxylic acids is 1. The zero-order valence-electron chi connectivity index (χ0n) is 23.1. The van der Waals surface area contributed by atoms with Crippen molar-refractivity contribution in [1.82, 2.24) is 25.0 Å². The minimum absolute atomic E-state index is 0.103. The summed E-state index contributed by atoms with van der Waals surface area (Å²) in [6.07, 6.45) is 5.92. The van der Waals surface area contributed by atoms with Crippen molar-refractivity contribution in [3.63, 3.8) is 0 Å². The summed E-state index contributed by atoms with van der Waals surface area (Å²) in [4.78, 5) is 24.6. The molecule has 4 heterocycles. The van der Waals surface area contributed by atoms with E-state index < -0.39 is 0 Å². The summed E-state index contributed by atoms with van der Waals surface area (Å²) in [6.45, 7) is 7.96. The minimum atomic E-state index is -0.103. The van der Waals surface area contributed by atoms with Gasteiger partial charge in [0.05, 0.1) is 11.4 Å². The maximum atomic E-state index is 13.2. The number of nitrogens with zero attached hydrogens (tertiary/aromatic N) is 4. The van der Waals surface area contributed by atoms with Crippen LogP contribution in [-0.4, -0.2) is 89.7 Å². The van der Waals surface area contributed by atoms with E-state index in [1.54, 1.807) is 23.5 Å². The molecular formula is C33H39N5OS. The van der Waals surface area contributed by atoms with Gasteiger partial charge in [-0.25, -0.2) is 0 Å². The molecule has 0 radical (unpaired) electrons. The van der Waals surface area contributed by atoms with Crippen molar-refractivity contribution in [3.8, 4) is 0 Å². The zero-order chi connectivity index (χ0) is 27.1. The van der Waals surface area contributed by atoms with Gasteiger partial charge in [0.2, 0.25) is 5.91 Å². The van der Waals surface area contributed by atoms with Crippen molar-refractivity contribution in [3.05, 3.63) is 107 Å². The average Bonchev–Trinajstić information content (AvgIpc) is 3.53. The van der Waals surface area contributed by atoms with Gasteiger partial charge in [-0.1, -0.05) is 72.3 Å². The van der Waals surface area contributed by atoms with E-state index in [1.807, 2.05) is 12.3 Å². The summed E-state index contributed by atoms with van der Waals surface area (Å²) in [5, 5.41) is 3.68. The Morgan fingerprint density at radius 3 is 2.02 bits per heavy atom. The standard InChI is InChI=1S/C33H39N5OS/c39-33(30-25-40-32(35-30)29-12-7-15-34-24-29)38-22-20-37(21-23-38)19-18-36-16-13-28(14-17-36)31(26-8-3-1-4-9-26)27-10-5-2-6-11-27/h1-12,15,24,30,32,35H,13-14,16-23,25H2. The molecule has 6 nitrogen and oxygen atoms in total. The van der Waals surface area contributed by atoms with Crippen LogP contribution in [0, 0.1) is 0 Å². The fourth-order valence-corrected chi connectivity index (χ4v) is 7.33. The van der Waals surface area contributed by atoms with Gasteiger partial charge >= 0.3 is 0 Å². The fourth-order valence-electron chi connectivity index (χ4n) is 6.11. The molecule has 1 amide bonds. The molecule has 0 bridgehead atoms. The lowest BCUT2D eigenvalue weighted by atomic mass is 9.88. The second-order valence-electron chi connectivity index (χ2n) is 10.9. The summed E-state index contributed by atoms with van der Waals surface area (Å²) in [5.74, 6) is 1.07. The number of hydrogen-bond donors (Lipinski definition) is 1. The van der Waals surface area contributed by atoms with E-state index in [2.05, 4.69) is 91.7 Å². The molecule has 1 N–H and O–H groups in total. The molecule has 3 aliphatic heterocycles. The molecule has 1 aromatic heterocycles. The molecule has 3 aromatic rings. The first-order valence-corrected chi connectivity index (χ1v) is 15.6. The number of nitrogens with one attached hydrogen (secondary N) is 1. The van der Waals surface area contributed by atoms with Crippen molar-refractivity contribution in [2.45, 2.75) is 24.3 Å². The van der Waals surface area contributed by atoms with Crippen LogP contribution in [0.25, 0.3) is 5.57 Å². The van der Waals surface area contributed by atoms with E-state index in [-0.39, 0.29) is 17.3 Å². The zero-order valence-corrected chi connectivity index (χ0v) is 23.9. The second kappa shape index (κ2) is 13.1. The molecule has 3 fully saturated rings. The van der Waals surface area contributed by atoms with Gasteiger partial charge in [-0.3, -0.25) is 20.0 Å². The van der Waals surface area contributed by atoms with Gasteiger partial charge in [0.25, 0.3) is 0 Å². The van der Waals surface area contributed by atoms with Crippen LogP contribution in [0.3, 0.4) is 0 Å². The molecule has 3 aliphatic rings. The summed E-state index contributed by atoms with van der Waals surface area (Å²) in [6, 6.07) is 25.7. The first-order valence-electron chi connectivity index (χ1n) is 14.6. The highest BCUT2D eigenvalue weighted by Crippen LogP contribution is 2.33. The molecule has 3 saturated heterocycles. The van der Waals surface area contributed by atoms with Gasteiger partial charge in [0, 0.05) is 70.5 Å². The number of hydrogen-bond acceptors (Lipinski definition) is 6. The first-order chi connectivity index (χ1) is 19.7. The third-order valence-electron chi connectivity index (χ3n) is 8.42. The molecule has 2 unspecified atom stereocenters. The van der Waals surface area contributed by atoms with Crippen LogP contribution in [0.5, 0.6) is 0 Å². The van der Waals surface area contributed by atoms with Crippen LogP contribution in [0.4, 0.5) is 0 Å². The summed E-state index contributed by atoms with van der Waals surface area (Å²) >= 11 is 1.80. The van der Waals surface area contributed by atoms with Crippen molar-refractivity contribution in [2.24, 2.45) is 0 Å². The van der Waals surface area contributed by atoms with Crippen LogP contribution >= 0.6 is 11.8 Å². The largest absolute Gasteiger partial charge is 0.339 e. The number of likely N-dealkylation sites (tertiary alicyclic amines) is 1. The Hall–Kier alpha value is -2.97. The molecule has 0 saturated carbocycles. The lowest BCUT2D eigenvalue weighted by Gasteiger charge is -2.37. The predicted molar refractivity (Wildman–Crippen MR) is 164 cm³/mol. The van der Waals surface area contributed by atoms with Gasteiger partial charge in [0.1, 0.15) is 0 Å². The molecule has 40 heavy (non-hydrogen) atoms. The van der Waals surface area contributed by atoms with Crippen LogP contribution in [0.2, 0.25) is 0 Å². The van der Waals surface area contributed by atoms with Gasteiger partial charge in [0.15, 0.2) is 0 Å². The highest BCUT2D eigenvalue weighted by Gasteiger charge is 2.34. The Morgan fingerprint density at radius 2 is 1.43 bits per heavy atom. The van der Waals surface area contributed by atoms with Crippen LogP contribution in [0.1, 0.15) is 34.9 Å². The maximum absolute atomic E-state index is 13.2. The lowest BCUT2D eigenvalue weighted by molar-refractivity contribution is -0.134. The Morgan fingerprint density at radius 1 is 0.800 bits per heavy atom. The third-order valence-corrected chi connectivity index (χ3v) is 9.69. The summed E-state index contributed by atoms with van der Waals surface area (Å²) in [5.41, 5.74) is 6.78. The normalized spacial score (nSPS) is 22.4. The van der Waals surface area contributed by atoms with Crippen molar-refractivity contribution in [2.75, 3.05) is 58.1 Å². The number of amides is 1. The summed E-state index contributed by atoms with van der Waals surface area (Å²) in [7, 11) is 0. The SMILES string of the molecule is O=C(C1CSC(c2cccnc2)N1)N1CCN(CCN2CCC(=C(c3ccccc3)c3ccccc3)CC2)CC1. The van der Waals surface area contributed by atoms with Crippen LogP contribution < -0.4 is 5.32 Å². The molecule has 2 atom stereocenters. The molecule has 2 aromatic carbocycles. The molecule has 0 spiro atoms. The van der Waals surface area contributed by atoms with Gasteiger partial charge < -0.3 is 9.80 Å². The third kappa shape index (κ3) is 6.50. The number of thioether (sulfide) groups is 1. The topological polar surface area (TPSA) is 51.7 Å². The van der Waals surface area contributed by atoms with Crippen molar-refractivity contribution < 1.29 is 4.79 Å². The lowest BCUT2D eigenvalue weighted by Crippen LogP contribution is -2.54. The number of benzene rings is 2. The van der Waals surface area contributed by atoms with Crippen molar-refractivity contribution >= 4 is 23.2 Å². The van der Waals surface area contributed by atoms with E-state index in [0.29, 0.717) is 0 Å². The number of aromatic nitrogens is 1. The Kier molecular flexibility index (Phi) is 8.93. The fraction of sp³-hybridized carbons (Fsp3) is 0.394. The van der Waals surface area contributed by atoms with Crippen molar-refractivity contribution in [1.29, 1.82) is 0 Å². The number of carbonyl (C=O) groups is 1. The second-order valence-corrected chi connectivity index (χ2v) is 12.1. The van der Waals surface area contributed by atoms with E-state index in [0.717, 1.165) is 76.5 Å². The smallest absolute Gasteiger partial charge is 0.240 e. The van der Waals surface area contributed by atoms with Gasteiger partial charge in [-0.05, 0) is 41.2 Å². The van der Waals surface area contributed by atoms with E-state index in [1.165, 1.54) is 16.7 Å². The Balaban J connectivity index is 0.967. The van der Waals surface area contributed by atoms with Crippen LogP contribution in [0.15, 0.2) is 90.8 Å². The van der Waals surface area contributed by atoms with E-state index in [4.69, 9.17) is 0 Å². The predicted octanol–water partition coefficient (Wildman–Crippen LogP) is 4.53. The number of piperidine rings is 1. The average molecular weight is 554 g/mol. The van der Waals surface area contributed by atoms with Gasteiger partial charge in [-0.2, -0.15) is 0 Å². The van der Waals surface area contributed by atoms with Crippen LogP contribution in [-0.2, 0) is 4.79 Å². The first kappa shape index (κ1) is 27.2. The number of piperazine rings is 1. The molecule has 6 rings (SSSR count). The number of pyridine rings is 1. The minimum Gasteiger partial charge on any atom is -0.339 e. The highest BCUT2D eigenvalue weighted by atomic mass is 32.2. The maximum Gasteiger partial charge on any atom is 0.240 e. The highest BCUT2D eigenvalue weighted by molar-refractivity contribution is 7.99. The van der Waals surface area contributed by atoms with Gasteiger partial charge in [-0.15, -0.1) is 11.8 Å². The Labute approximate surface area is 242 Å². The molecular weight excluding hydrogens is 514 g/mol. The quantitative estimate of drug-likeness (QED) is 0.464. The number of rotatable bonds is 7.